The van der Waals surface area contributed by atoms with Crippen LogP contribution in [0.5, 0.6) is 0 Å². The third kappa shape index (κ3) is 25.9. The molecule has 0 rings (SSSR count). The van der Waals surface area contributed by atoms with Crippen LogP contribution in [0.1, 0.15) is 123 Å². The first-order valence-corrected chi connectivity index (χ1v) is 16.4. The fourth-order valence-electron chi connectivity index (χ4n) is 3.95. The molecule has 0 saturated carbocycles. The Morgan fingerprint density at radius 1 is 0.684 bits per heavy atom. The highest BCUT2D eigenvalue weighted by Gasteiger charge is 2.24. The van der Waals surface area contributed by atoms with E-state index in [0.29, 0.717) is 12.8 Å². The fourth-order valence-corrected chi connectivity index (χ4v) is 4.68. The molecule has 0 aliphatic heterocycles. The maximum Gasteiger partial charge on any atom is 0.267 e. The lowest BCUT2D eigenvalue weighted by molar-refractivity contribution is -0.122. The SMILES string of the molecule is CCC/C=C\CCCCCCCC(=O)NC(CS(=O)(=O)O)C(O)/C=C/CC/C=C/CC/C=C/CCCCC. The molecule has 0 aromatic rings. The number of hydrogen-bond donors (Lipinski definition) is 3. The molecule has 0 fully saturated rings. The van der Waals surface area contributed by atoms with Crippen molar-refractivity contribution in [2.24, 2.45) is 0 Å². The molecule has 0 aromatic heterocycles. The number of rotatable bonds is 25. The van der Waals surface area contributed by atoms with Gasteiger partial charge in [-0.05, 0) is 64.2 Å². The predicted octanol–water partition coefficient (Wildman–Crippen LogP) is 7.62. The van der Waals surface area contributed by atoms with Gasteiger partial charge < -0.3 is 10.4 Å². The monoisotopic (exact) mass is 553 g/mol. The van der Waals surface area contributed by atoms with E-state index < -0.39 is 28.0 Å². The van der Waals surface area contributed by atoms with Crippen molar-refractivity contribution in [3.05, 3.63) is 48.6 Å². The van der Waals surface area contributed by atoms with Gasteiger partial charge in [0.25, 0.3) is 10.1 Å². The number of aliphatic hydroxyl groups is 1. The molecule has 0 radical (unpaired) electrons. The van der Waals surface area contributed by atoms with Gasteiger partial charge in [0.05, 0.1) is 17.9 Å². The van der Waals surface area contributed by atoms with Crippen LogP contribution in [0, 0.1) is 0 Å². The molecule has 1 amide bonds. The number of hydrogen-bond acceptors (Lipinski definition) is 4. The van der Waals surface area contributed by atoms with Crippen LogP contribution in [-0.2, 0) is 14.9 Å². The van der Waals surface area contributed by atoms with Crippen LogP contribution < -0.4 is 5.32 Å². The van der Waals surface area contributed by atoms with E-state index in [1.165, 1.54) is 31.8 Å². The molecule has 0 heterocycles. The fraction of sp³-hybridized carbons (Fsp3) is 0.710. The van der Waals surface area contributed by atoms with Gasteiger partial charge in [0.2, 0.25) is 5.91 Å². The predicted molar refractivity (Wildman–Crippen MR) is 161 cm³/mol. The Kier molecular flexibility index (Phi) is 24.4. The summed E-state index contributed by atoms with van der Waals surface area (Å²) < 4.78 is 32.1. The quantitative estimate of drug-likeness (QED) is 0.0613. The van der Waals surface area contributed by atoms with E-state index in [0.717, 1.165) is 64.2 Å². The summed E-state index contributed by atoms with van der Waals surface area (Å²) >= 11 is 0. The normalized spacial score (nSPS) is 14.3. The summed E-state index contributed by atoms with van der Waals surface area (Å²) in [5.74, 6) is -1.03. The van der Waals surface area contributed by atoms with Crippen LogP contribution in [0.4, 0.5) is 0 Å². The molecule has 0 saturated heterocycles. The maximum absolute atomic E-state index is 12.3. The van der Waals surface area contributed by atoms with E-state index in [1.54, 1.807) is 6.08 Å². The lowest BCUT2D eigenvalue weighted by Gasteiger charge is -2.21. The van der Waals surface area contributed by atoms with E-state index in [9.17, 15) is 22.9 Å². The van der Waals surface area contributed by atoms with Crippen molar-refractivity contribution in [1.82, 2.24) is 5.32 Å². The first-order chi connectivity index (χ1) is 18.3. The van der Waals surface area contributed by atoms with Gasteiger partial charge in [0, 0.05) is 6.42 Å². The molecule has 0 spiro atoms. The number of aliphatic hydroxyl groups excluding tert-OH is 1. The van der Waals surface area contributed by atoms with Gasteiger partial charge in [-0.1, -0.05) is 101 Å². The van der Waals surface area contributed by atoms with Gasteiger partial charge in [0.1, 0.15) is 0 Å². The maximum atomic E-state index is 12.3. The average molecular weight is 554 g/mol. The lowest BCUT2D eigenvalue weighted by atomic mass is 10.1. The topological polar surface area (TPSA) is 104 Å². The number of carbonyl (C=O) groups excluding carboxylic acids is 1. The van der Waals surface area contributed by atoms with Crippen molar-refractivity contribution in [1.29, 1.82) is 0 Å². The molecule has 0 aliphatic carbocycles. The highest BCUT2D eigenvalue weighted by molar-refractivity contribution is 7.85. The van der Waals surface area contributed by atoms with E-state index in [2.05, 4.69) is 55.6 Å². The Bertz CT molecular complexity index is 786. The molecule has 220 valence electrons. The van der Waals surface area contributed by atoms with Crippen LogP contribution in [0.25, 0.3) is 0 Å². The molecule has 38 heavy (non-hydrogen) atoms. The second-order valence-corrected chi connectivity index (χ2v) is 11.5. The third-order valence-electron chi connectivity index (χ3n) is 6.19. The second kappa shape index (κ2) is 25.6. The zero-order valence-corrected chi connectivity index (χ0v) is 24.8. The van der Waals surface area contributed by atoms with Crippen LogP contribution >= 0.6 is 0 Å². The van der Waals surface area contributed by atoms with Crippen molar-refractivity contribution in [2.75, 3.05) is 5.75 Å². The minimum atomic E-state index is -4.35. The molecule has 7 heteroatoms. The average Bonchev–Trinajstić information content (AvgIpc) is 2.86. The lowest BCUT2D eigenvalue weighted by Crippen LogP contribution is -2.46. The first kappa shape index (κ1) is 36.3. The third-order valence-corrected chi connectivity index (χ3v) is 6.97. The van der Waals surface area contributed by atoms with Gasteiger partial charge in [0.15, 0.2) is 0 Å². The van der Waals surface area contributed by atoms with Gasteiger partial charge in [-0.2, -0.15) is 8.42 Å². The van der Waals surface area contributed by atoms with Gasteiger partial charge in [-0.25, -0.2) is 0 Å². The molecular weight excluding hydrogens is 498 g/mol. The summed E-state index contributed by atoms with van der Waals surface area (Å²) in [7, 11) is -4.35. The standard InChI is InChI=1S/C31H55NO5S/c1-3-5-7-9-11-13-15-16-17-18-20-22-24-26-30(33)29(28-38(35,36)37)32-31(34)27-25-23-21-19-14-12-10-8-6-4-2/h8,10-11,13,17-18,24,26,29-30,33H,3-7,9,12,14-16,19-23,25,27-28H2,1-2H3,(H,32,34)(H,35,36,37)/b10-8-,13-11+,18-17+,26-24+. The number of carbonyl (C=O) groups is 1. The zero-order chi connectivity index (χ0) is 28.3. The summed E-state index contributed by atoms with van der Waals surface area (Å²) in [5.41, 5.74) is 0. The minimum absolute atomic E-state index is 0.271. The number of allylic oxidation sites excluding steroid dienone is 7. The summed E-state index contributed by atoms with van der Waals surface area (Å²) in [6, 6.07) is -1.08. The number of unbranched alkanes of at least 4 members (excludes halogenated alkanes) is 11. The highest BCUT2D eigenvalue weighted by Crippen LogP contribution is 2.09. The van der Waals surface area contributed by atoms with E-state index in [1.807, 2.05) is 0 Å². The van der Waals surface area contributed by atoms with Gasteiger partial charge in [-0.3, -0.25) is 9.35 Å². The highest BCUT2D eigenvalue weighted by atomic mass is 32.2. The molecule has 2 atom stereocenters. The minimum Gasteiger partial charge on any atom is -0.387 e. The Hall–Kier alpha value is -1.70. The first-order valence-electron chi connectivity index (χ1n) is 14.8. The van der Waals surface area contributed by atoms with Crippen molar-refractivity contribution >= 4 is 16.0 Å². The smallest absolute Gasteiger partial charge is 0.267 e. The van der Waals surface area contributed by atoms with Crippen LogP contribution in [-0.4, -0.2) is 41.9 Å². The van der Waals surface area contributed by atoms with E-state index in [-0.39, 0.29) is 12.3 Å². The van der Waals surface area contributed by atoms with Crippen LogP contribution in [0.2, 0.25) is 0 Å². The summed E-state index contributed by atoms with van der Waals surface area (Å²) in [5, 5.41) is 13.0. The van der Waals surface area contributed by atoms with Crippen molar-refractivity contribution in [2.45, 2.75) is 135 Å². The second-order valence-electron chi connectivity index (χ2n) is 10.0. The van der Waals surface area contributed by atoms with Crippen LogP contribution in [0.3, 0.4) is 0 Å². The molecule has 2 unspecified atom stereocenters. The summed E-state index contributed by atoms with van der Waals surface area (Å²) in [6.07, 6.45) is 32.4. The van der Waals surface area contributed by atoms with E-state index in [4.69, 9.17) is 0 Å². The summed E-state index contributed by atoms with van der Waals surface area (Å²) in [4.78, 5) is 12.3. The Morgan fingerprint density at radius 3 is 1.76 bits per heavy atom. The molecule has 0 bridgehead atoms. The largest absolute Gasteiger partial charge is 0.387 e. The Balaban J connectivity index is 4.25. The van der Waals surface area contributed by atoms with Crippen molar-refractivity contribution < 1.29 is 22.9 Å². The zero-order valence-electron chi connectivity index (χ0n) is 24.0. The van der Waals surface area contributed by atoms with E-state index >= 15 is 0 Å². The van der Waals surface area contributed by atoms with Crippen LogP contribution in [0.15, 0.2) is 48.6 Å². The van der Waals surface area contributed by atoms with Crippen molar-refractivity contribution in [3.63, 3.8) is 0 Å². The molecule has 0 aromatic carbocycles. The Morgan fingerprint density at radius 2 is 1.18 bits per heavy atom. The molecule has 0 aliphatic rings. The van der Waals surface area contributed by atoms with Gasteiger partial charge in [-0.15, -0.1) is 0 Å². The Labute approximate surface area is 233 Å². The molecule has 3 N–H and O–H groups in total. The number of nitrogens with one attached hydrogen (secondary N) is 1. The molecule has 6 nitrogen and oxygen atoms in total. The van der Waals surface area contributed by atoms with Gasteiger partial charge >= 0.3 is 0 Å². The van der Waals surface area contributed by atoms with Crippen molar-refractivity contribution in [3.8, 4) is 0 Å². The molecular formula is C31H55NO5S. The number of amides is 1. The summed E-state index contributed by atoms with van der Waals surface area (Å²) in [6.45, 7) is 4.37.